The molecular formula is C12H18N2O2. The Bertz CT molecular complexity index is 333. The molecule has 0 fully saturated rings. The van der Waals surface area contributed by atoms with E-state index >= 15 is 0 Å². The van der Waals surface area contributed by atoms with Gasteiger partial charge >= 0.3 is 0 Å². The number of hydrogen-bond donors (Lipinski definition) is 2. The topological polar surface area (TPSA) is 64.3 Å². The van der Waals surface area contributed by atoms with Crippen molar-refractivity contribution in [2.75, 3.05) is 18.5 Å². The number of rotatable bonds is 6. The minimum Gasteiger partial charge on any atom is -0.383 e. The zero-order valence-electron chi connectivity index (χ0n) is 9.69. The number of carbonyl (C=O) groups is 1. The van der Waals surface area contributed by atoms with Gasteiger partial charge in [0.2, 0.25) is 5.91 Å². The third-order valence-corrected chi connectivity index (χ3v) is 2.05. The van der Waals surface area contributed by atoms with Gasteiger partial charge in [-0.25, -0.2) is 0 Å². The molecule has 0 saturated heterocycles. The first-order valence-corrected chi connectivity index (χ1v) is 5.35. The summed E-state index contributed by atoms with van der Waals surface area (Å²) in [5.41, 5.74) is 6.61. The number of primary amides is 1. The van der Waals surface area contributed by atoms with Crippen molar-refractivity contribution in [3.63, 3.8) is 0 Å². The molecule has 0 aromatic heterocycles. The number of anilines is 1. The number of ether oxygens (including phenoxy) is 1. The molecule has 1 rings (SSSR count). The van der Waals surface area contributed by atoms with Crippen LogP contribution in [0.2, 0.25) is 0 Å². The molecule has 0 aliphatic rings. The van der Waals surface area contributed by atoms with Gasteiger partial charge in [0, 0.05) is 17.8 Å². The third kappa shape index (κ3) is 4.31. The van der Waals surface area contributed by atoms with Gasteiger partial charge < -0.3 is 15.8 Å². The van der Waals surface area contributed by atoms with Crippen LogP contribution in [-0.2, 0) is 4.74 Å². The van der Waals surface area contributed by atoms with E-state index in [1.807, 2.05) is 26.0 Å². The van der Waals surface area contributed by atoms with Gasteiger partial charge in [0.05, 0.1) is 12.7 Å². The summed E-state index contributed by atoms with van der Waals surface area (Å²) in [6.07, 6.45) is 0.249. The molecule has 1 amide bonds. The number of benzene rings is 1. The van der Waals surface area contributed by atoms with Gasteiger partial charge in [-0.2, -0.15) is 0 Å². The van der Waals surface area contributed by atoms with Gasteiger partial charge in [-0.05, 0) is 38.1 Å². The largest absolute Gasteiger partial charge is 0.383 e. The van der Waals surface area contributed by atoms with Crippen molar-refractivity contribution in [2.24, 2.45) is 5.73 Å². The van der Waals surface area contributed by atoms with Crippen molar-refractivity contribution in [3.05, 3.63) is 29.8 Å². The van der Waals surface area contributed by atoms with Crippen LogP contribution in [-0.4, -0.2) is 25.2 Å². The summed E-state index contributed by atoms with van der Waals surface area (Å²) in [6.45, 7) is 5.41. The molecule has 0 atom stereocenters. The van der Waals surface area contributed by atoms with Gasteiger partial charge in [0.15, 0.2) is 0 Å². The van der Waals surface area contributed by atoms with E-state index < -0.39 is 5.91 Å². The number of amides is 1. The van der Waals surface area contributed by atoms with Crippen LogP contribution in [0.4, 0.5) is 5.69 Å². The highest BCUT2D eigenvalue weighted by Crippen LogP contribution is 2.08. The van der Waals surface area contributed by atoms with Gasteiger partial charge in [-0.15, -0.1) is 0 Å². The van der Waals surface area contributed by atoms with E-state index in [-0.39, 0.29) is 6.10 Å². The highest BCUT2D eigenvalue weighted by Gasteiger charge is 1.99. The fourth-order valence-corrected chi connectivity index (χ4v) is 1.24. The Balaban J connectivity index is 2.35. The first-order chi connectivity index (χ1) is 7.59. The number of carbonyl (C=O) groups excluding carboxylic acids is 1. The maximum Gasteiger partial charge on any atom is 0.248 e. The molecule has 1 aromatic rings. The smallest absolute Gasteiger partial charge is 0.248 e. The average molecular weight is 222 g/mol. The third-order valence-electron chi connectivity index (χ3n) is 2.05. The summed E-state index contributed by atoms with van der Waals surface area (Å²) in [5, 5.41) is 3.19. The van der Waals surface area contributed by atoms with E-state index in [1.54, 1.807) is 12.1 Å². The number of nitrogens with two attached hydrogens (primary N) is 1. The normalized spacial score (nSPS) is 10.4. The Labute approximate surface area is 95.8 Å². The monoisotopic (exact) mass is 222 g/mol. The summed E-state index contributed by atoms with van der Waals surface area (Å²) < 4.78 is 5.39. The van der Waals surface area contributed by atoms with Gasteiger partial charge in [0.1, 0.15) is 0 Å². The van der Waals surface area contributed by atoms with E-state index in [1.165, 1.54) is 0 Å². The Morgan fingerprint density at radius 2 is 2.00 bits per heavy atom. The lowest BCUT2D eigenvalue weighted by Crippen LogP contribution is -2.13. The van der Waals surface area contributed by atoms with Crippen molar-refractivity contribution in [2.45, 2.75) is 20.0 Å². The summed E-state index contributed by atoms with van der Waals surface area (Å²) in [5.74, 6) is -0.408. The predicted molar refractivity (Wildman–Crippen MR) is 64.5 cm³/mol. The molecule has 0 spiro atoms. The first kappa shape index (κ1) is 12.5. The molecule has 0 radical (unpaired) electrons. The maximum absolute atomic E-state index is 10.8. The van der Waals surface area contributed by atoms with Crippen LogP contribution < -0.4 is 11.1 Å². The molecule has 1 aromatic carbocycles. The van der Waals surface area contributed by atoms with Crippen molar-refractivity contribution in [1.82, 2.24) is 0 Å². The molecule has 88 valence electrons. The van der Waals surface area contributed by atoms with E-state index in [0.717, 1.165) is 12.2 Å². The zero-order chi connectivity index (χ0) is 12.0. The molecule has 0 saturated carbocycles. The Morgan fingerprint density at radius 1 is 1.38 bits per heavy atom. The Hall–Kier alpha value is -1.55. The zero-order valence-corrected chi connectivity index (χ0v) is 9.69. The molecule has 0 aliphatic heterocycles. The molecule has 4 nitrogen and oxygen atoms in total. The Morgan fingerprint density at radius 3 is 2.50 bits per heavy atom. The molecule has 0 heterocycles. The second-order valence-corrected chi connectivity index (χ2v) is 3.79. The second-order valence-electron chi connectivity index (χ2n) is 3.79. The van der Waals surface area contributed by atoms with Crippen LogP contribution in [0.5, 0.6) is 0 Å². The lowest BCUT2D eigenvalue weighted by Gasteiger charge is -2.09. The second kappa shape index (κ2) is 6.12. The van der Waals surface area contributed by atoms with Crippen molar-refractivity contribution in [3.8, 4) is 0 Å². The van der Waals surface area contributed by atoms with E-state index in [2.05, 4.69) is 5.32 Å². The van der Waals surface area contributed by atoms with Crippen molar-refractivity contribution >= 4 is 11.6 Å². The fourth-order valence-electron chi connectivity index (χ4n) is 1.24. The van der Waals surface area contributed by atoms with E-state index in [9.17, 15) is 4.79 Å². The summed E-state index contributed by atoms with van der Waals surface area (Å²) in [4.78, 5) is 10.8. The first-order valence-electron chi connectivity index (χ1n) is 5.35. The number of hydrogen-bond acceptors (Lipinski definition) is 3. The van der Waals surface area contributed by atoms with Crippen LogP contribution >= 0.6 is 0 Å². The molecule has 16 heavy (non-hydrogen) atoms. The van der Waals surface area contributed by atoms with Gasteiger partial charge in [0.25, 0.3) is 0 Å². The molecule has 0 bridgehead atoms. The van der Waals surface area contributed by atoms with Gasteiger partial charge in [-0.3, -0.25) is 4.79 Å². The van der Waals surface area contributed by atoms with Crippen LogP contribution in [0.15, 0.2) is 24.3 Å². The van der Waals surface area contributed by atoms with E-state index in [4.69, 9.17) is 10.5 Å². The molecule has 3 N–H and O–H groups in total. The maximum atomic E-state index is 10.8. The minimum absolute atomic E-state index is 0.249. The highest BCUT2D eigenvalue weighted by atomic mass is 16.5. The van der Waals surface area contributed by atoms with Crippen molar-refractivity contribution in [1.29, 1.82) is 0 Å². The minimum atomic E-state index is -0.408. The summed E-state index contributed by atoms with van der Waals surface area (Å²) >= 11 is 0. The molecule has 0 aliphatic carbocycles. The van der Waals surface area contributed by atoms with Crippen LogP contribution in [0, 0.1) is 0 Å². The quantitative estimate of drug-likeness (QED) is 0.719. The van der Waals surface area contributed by atoms with Crippen LogP contribution in [0.25, 0.3) is 0 Å². The molecule has 0 unspecified atom stereocenters. The standard InChI is InChI=1S/C12H18N2O2/c1-9(2)16-8-7-14-11-5-3-10(4-6-11)12(13)15/h3-6,9,14H,7-8H2,1-2H3,(H2,13,15). The average Bonchev–Trinajstić information content (AvgIpc) is 2.25. The van der Waals surface area contributed by atoms with Gasteiger partial charge in [-0.1, -0.05) is 0 Å². The van der Waals surface area contributed by atoms with E-state index in [0.29, 0.717) is 12.2 Å². The Kier molecular flexibility index (Phi) is 4.79. The molecule has 4 heteroatoms. The van der Waals surface area contributed by atoms with Crippen LogP contribution in [0.3, 0.4) is 0 Å². The predicted octanol–water partition coefficient (Wildman–Crippen LogP) is 1.62. The number of nitrogens with one attached hydrogen (secondary N) is 1. The lowest BCUT2D eigenvalue weighted by molar-refractivity contribution is 0.0870. The SMILES string of the molecule is CC(C)OCCNc1ccc(C(N)=O)cc1. The fraction of sp³-hybridized carbons (Fsp3) is 0.417. The lowest BCUT2D eigenvalue weighted by atomic mass is 10.2. The molecular weight excluding hydrogens is 204 g/mol. The summed E-state index contributed by atoms with van der Waals surface area (Å²) in [6, 6.07) is 7.06. The summed E-state index contributed by atoms with van der Waals surface area (Å²) in [7, 11) is 0. The van der Waals surface area contributed by atoms with Crippen LogP contribution in [0.1, 0.15) is 24.2 Å². The van der Waals surface area contributed by atoms with Crippen molar-refractivity contribution < 1.29 is 9.53 Å². The highest BCUT2D eigenvalue weighted by molar-refractivity contribution is 5.93.